The van der Waals surface area contributed by atoms with Gasteiger partial charge >= 0.3 is 0 Å². The number of nitrogens with two attached hydrogens (primary N) is 1. The molecule has 0 aromatic carbocycles. The molecule has 0 spiro atoms. The Bertz CT molecular complexity index is 95.1. The zero-order chi connectivity index (χ0) is 6.20. The van der Waals surface area contributed by atoms with Gasteiger partial charge < -0.3 is 10.8 Å². The fraction of sp³-hybridized carbons (Fsp3) is 1.00. The molecule has 3 heteroatoms. The molecule has 3 N–H and O–H groups in total. The second-order valence-electron chi connectivity index (χ2n) is 3.00. The van der Waals surface area contributed by atoms with Crippen molar-refractivity contribution in [2.24, 2.45) is 5.73 Å². The van der Waals surface area contributed by atoms with Crippen LogP contribution in [0.15, 0.2) is 0 Å². The maximum Gasteiger partial charge on any atom is 0.0635 e. The van der Waals surface area contributed by atoms with Gasteiger partial charge in [-0.2, -0.15) is 0 Å². The molecular formula is C6H14ClNO. The minimum absolute atomic E-state index is 0. The zero-order valence-corrected chi connectivity index (χ0v) is 6.45. The van der Waals surface area contributed by atoms with Gasteiger partial charge in [0, 0.05) is 6.04 Å². The van der Waals surface area contributed by atoms with Gasteiger partial charge in [-0.3, -0.25) is 0 Å². The smallest absolute Gasteiger partial charge is 0.0635 e. The average molecular weight is 152 g/mol. The maximum absolute atomic E-state index is 9.28. The molecule has 2 unspecified atom stereocenters. The molecule has 0 heterocycles. The third kappa shape index (κ3) is 2.52. The number of hydrogen-bond acceptors (Lipinski definition) is 2. The Hall–Kier alpha value is 0.210. The first-order chi connectivity index (χ1) is 3.60. The summed E-state index contributed by atoms with van der Waals surface area (Å²) >= 11 is 0. The Morgan fingerprint density at radius 1 is 1.67 bits per heavy atom. The zero-order valence-electron chi connectivity index (χ0n) is 5.63. The molecule has 1 rings (SSSR count). The molecule has 1 fully saturated rings. The Balaban J connectivity index is 0.000000640. The molecule has 2 atom stereocenters. The van der Waals surface area contributed by atoms with Gasteiger partial charge in [0.05, 0.1) is 5.60 Å². The molecule has 0 radical (unpaired) electrons. The molecule has 0 aliphatic heterocycles. The van der Waals surface area contributed by atoms with E-state index in [9.17, 15) is 5.11 Å². The summed E-state index contributed by atoms with van der Waals surface area (Å²) < 4.78 is 0. The van der Waals surface area contributed by atoms with E-state index in [1.54, 1.807) is 0 Å². The van der Waals surface area contributed by atoms with Gasteiger partial charge in [-0.25, -0.2) is 0 Å². The Labute approximate surface area is 61.8 Å². The minimum Gasteiger partial charge on any atom is -0.390 e. The van der Waals surface area contributed by atoms with Crippen LogP contribution in [0.3, 0.4) is 0 Å². The highest BCUT2D eigenvalue weighted by molar-refractivity contribution is 5.85. The molecule has 1 aliphatic rings. The van der Waals surface area contributed by atoms with Crippen LogP contribution in [0.1, 0.15) is 26.2 Å². The number of hydrogen-bond donors (Lipinski definition) is 2. The Morgan fingerprint density at radius 3 is 2.33 bits per heavy atom. The summed E-state index contributed by atoms with van der Waals surface area (Å²) in [6, 6.07) is 0.241. The summed E-state index contributed by atoms with van der Waals surface area (Å²) in [6.45, 7) is 1.85. The van der Waals surface area contributed by atoms with E-state index in [0.717, 1.165) is 19.3 Å². The molecule has 0 aromatic rings. The normalized spacial score (nSPS) is 42.3. The van der Waals surface area contributed by atoms with Crippen LogP contribution >= 0.6 is 12.4 Å². The van der Waals surface area contributed by atoms with Crippen molar-refractivity contribution in [3.05, 3.63) is 0 Å². The largest absolute Gasteiger partial charge is 0.390 e. The second kappa shape index (κ2) is 2.86. The minimum atomic E-state index is -0.459. The van der Waals surface area contributed by atoms with Crippen LogP contribution in [0.4, 0.5) is 0 Å². The second-order valence-corrected chi connectivity index (χ2v) is 3.00. The number of aliphatic hydroxyl groups is 1. The highest BCUT2D eigenvalue weighted by Crippen LogP contribution is 2.27. The number of rotatable bonds is 0. The van der Waals surface area contributed by atoms with Crippen LogP contribution in [0.2, 0.25) is 0 Å². The van der Waals surface area contributed by atoms with Gasteiger partial charge in [-0.1, -0.05) is 0 Å². The summed E-state index contributed by atoms with van der Waals surface area (Å²) in [5.41, 5.74) is 5.09. The molecule has 1 aliphatic carbocycles. The molecule has 9 heavy (non-hydrogen) atoms. The molecule has 1 saturated carbocycles. The van der Waals surface area contributed by atoms with Crippen LogP contribution in [-0.4, -0.2) is 16.7 Å². The van der Waals surface area contributed by atoms with Crippen molar-refractivity contribution in [2.45, 2.75) is 37.8 Å². The molecular weight excluding hydrogens is 138 g/mol. The van der Waals surface area contributed by atoms with Gasteiger partial charge in [0.15, 0.2) is 0 Å². The summed E-state index contributed by atoms with van der Waals surface area (Å²) in [4.78, 5) is 0. The third-order valence-corrected chi connectivity index (χ3v) is 1.76. The summed E-state index contributed by atoms with van der Waals surface area (Å²) in [5.74, 6) is 0. The Morgan fingerprint density at radius 2 is 2.22 bits per heavy atom. The lowest BCUT2D eigenvalue weighted by molar-refractivity contribution is 0.0667. The topological polar surface area (TPSA) is 46.2 Å². The predicted molar refractivity (Wildman–Crippen MR) is 39.7 cm³/mol. The van der Waals surface area contributed by atoms with Gasteiger partial charge in [0.1, 0.15) is 0 Å². The van der Waals surface area contributed by atoms with E-state index in [-0.39, 0.29) is 18.4 Å². The highest BCUT2D eigenvalue weighted by atomic mass is 35.5. The summed E-state index contributed by atoms with van der Waals surface area (Å²) in [7, 11) is 0. The number of halogens is 1. The van der Waals surface area contributed by atoms with Gasteiger partial charge in [0.2, 0.25) is 0 Å². The van der Waals surface area contributed by atoms with Gasteiger partial charge in [-0.05, 0) is 26.2 Å². The van der Waals surface area contributed by atoms with Crippen molar-refractivity contribution in [3.8, 4) is 0 Å². The van der Waals surface area contributed by atoms with E-state index in [1.807, 2.05) is 6.92 Å². The van der Waals surface area contributed by atoms with E-state index >= 15 is 0 Å². The standard InChI is InChI=1S/C6H13NO.ClH/c1-6(8)3-2-5(7)4-6;/h5,8H,2-4,7H2,1H3;1H. The molecule has 2 nitrogen and oxygen atoms in total. The van der Waals surface area contributed by atoms with E-state index in [1.165, 1.54) is 0 Å². The molecule has 56 valence electrons. The quantitative estimate of drug-likeness (QED) is 0.535. The monoisotopic (exact) mass is 151 g/mol. The fourth-order valence-corrected chi connectivity index (χ4v) is 1.27. The fourth-order valence-electron chi connectivity index (χ4n) is 1.27. The van der Waals surface area contributed by atoms with Crippen molar-refractivity contribution in [1.29, 1.82) is 0 Å². The van der Waals surface area contributed by atoms with E-state index in [0.29, 0.717) is 0 Å². The van der Waals surface area contributed by atoms with Crippen LogP contribution in [0.25, 0.3) is 0 Å². The van der Waals surface area contributed by atoms with Crippen molar-refractivity contribution in [2.75, 3.05) is 0 Å². The highest BCUT2D eigenvalue weighted by Gasteiger charge is 2.30. The van der Waals surface area contributed by atoms with Crippen molar-refractivity contribution in [3.63, 3.8) is 0 Å². The first-order valence-electron chi connectivity index (χ1n) is 3.08. The first-order valence-corrected chi connectivity index (χ1v) is 3.08. The van der Waals surface area contributed by atoms with E-state index < -0.39 is 5.60 Å². The molecule has 0 amide bonds. The first kappa shape index (κ1) is 9.21. The third-order valence-electron chi connectivity index (χ3n) is 1.76. The molecule has 0 aromatic heterocycles. The summed E-state index contributed by atoms with van der Waals surface area (Å²) in [6.07, 6.45) is 2.62. The van der Waals surface area contributed by atoms with Crippen LogP contribution in [0.5, 0.6) is 0 Å². The van der Waals surface area contributed by atoms with E-state index in [4.69, 9.17) is 5.73 Å². The lowest BCUT2D eigenvalue weighted by Gasteiger charge is -2.13. The Kier molecular flexibility index (Phi) is 2.93. The predicted octanol–water partition coefficient (Wildman–Crippen LogP) is 0.670. The maximum atomic E-state index is 9.28. The summed E-state index contributed by atoms with van der Waals surface area (Å²) in [5, 5.41) is 9.28. The van der Waals surface area contributed by atoms with Crippen LogP contribution < -0.4 is 5.73 Å². The van der Waals surface area contributed by atoms with Crippen molar-refractivity contribution >= 4 is 12.4 Å². The van der Waals surface area contributed by atoms with E-state index in [2.05, 4.69) is 0 Å². The SMILES string of the molecule is CC1(O)CCC(N)C1.Cl. The van der Waals surface area contributed by atoms with Crippen LogP contribution in [-0.2, 0) is 0 Å². The lowest BCUT2D eigenvalue weighted by atomic mass is 10.1. The van der Waals surface area contributed by atoms with Crippen molar-refractivity contribution in [1.82, 2.24) is 0 Å². The van der Waals surface area contributed by atoms with Crippen LogP contribution in [0, 0.1) is 0 Å². The lowest BCUT2D eigenvalue weighted by Crippen LogP contribution is -2.23. The molecule has 0 bridgehead atoms. The van der Waals surface area contributed by atoms with Gasteiger partial charge in [0.25, 0.3) is 0 Å². The molecule has 0 saturated heterocycles. The van der Waals surface area contributed by atoms with Crippen molar-refractivity contribution < 1.29 is 5.11 Å². The van der Waals surface area contributed by atoms with Gasteiger partial charge in [-0.15, -0.1) is 12.4 Å². The average Bonchev–Trinajstić information content (AvgIpc) is 1.82.